The third-order valence-corrected chi connectivity index (χ3v) is 5.38. The minimum Gasteiger partial charge on any atom is -0.445 e. The smallest absolute Gasteiger partial charge is 0.429 e. The van der Waals surface area contributed by atoms with Crippen molar-refractivity contribution in [3.8, 4) is 0 Å². The molecular formula is C28H40N4O7. The maximum atomic E-state index is 13.2. The molecule has 11 heteroatoms. The number of amides is 4. The van der Waals surface area contributed by atoms with E-state index in [-0.39, 0.29) is 32.2 Å². The van der Waals surface area contributed by atoms with Crippen LogP contribution in [0.3, 0.4) is 0 Å². The fourth-order valence-corrected chi connectivity index (χ4v) is 3.64. The third kappa shape index (κ3) is 11.1. The third-order valence-electron chi connectivity index (χ3n) is 5.38. The predicted octanol–water partition coefficient (Wildman–Crippen LogP) is 4.16. The summed E-state index contributed by atoms with van der Waals surface area (Å²) in [5.41, 5.74) is 2.56. The molecule has 0 bridgehead atoms. The Balaban J connectivity index is 2.15. The molecule has 0 fully saturated rings. The maximum absolute atomic E-state index is 13.2. The summed E-state index contributed by atoms with van der Waals surface area (Å²) >= 11 is 0. The summed E-state index contributed by atoms with van der Waals surface area (Å²) in [6.45, 7) is 12.6. The minimum atomic E-state index is -0.988. The molecule has 0 radical (unpaired) electrons. The number of rotatable bonds is 10. The zero-order valence-corrected chi connectivity index (χ0v) is 23.3. The summed E-state index contributed by atoms with van der Waals surface area (Å²) in [5, 5.41) is 3.54. The lowest BCUT2D eigenvalue weighted by molar-refractivity contribution is -0.128. The van der Waals surface area contributed by atoms with Gasteiger partial charge in [-0.25, -0.2) is 19.4 Å². The Morgan fingerprint density at radius 3 is 2.46 bits per heavy atom. The Hall–Kier alpha value is -4.02. The number of nitrogens with zero attached hydrogens (tertiary/aromatic N) is 2. The van der Waals surface area contributed by atoms with E-state index in [4.69, 9.17) is 14.2 Å². The van der Waals surface area contributed by atoms with E-state index in [1.165, 1.54) is 11.0 Å². The monoisotopic (exact) mass is 544 g/mol. The molecule has 1 aromatic rings. The average molecular weight is 545 g/mol. The quantitative estimate of drug-likeness (QED) is 0.257. The molecule has 1 aromatic carbocycles. The van der Waals surface area contributed by atoms with Crippen molar-refractivity contribution in [3.63, 3.8) is 0 Å². The van der Waals surface area contributed by atoms with Crippen LogP contribution in [-0.2, 0) is 25.6 Å². The van der Waals surface area contributed by atoms with Gasteiger partial charge in [0.05, 0.1) is 12.6 Å². The zero-order valence-electron chi connectivity index (χ0n) is 23.3. The van der Waals surface area contributed by atoms with E-state index in [9.17, 15) is 19.2 Å². The Morgan fingerprint density at radius 2 is 1.85 bits per heavy atom. The largest absolute Gasteiger partial charge is 0.445 e. The molecule has 2 rings (SSSR count). The molecule has 214 valence electrons. The average Bonchev–Trinajstić information content (AvgIpc) is 3.32. The van der Waals surface area contributed by atoms with Crippen molar-refractivity contribution in [2.45, 2.75) is 65.3 Å². The van der Waals surface area contributed by atoms with Gasteiger partial charge in [-0.05, 0) is 38.7 Å². The number of carbonyl (C=O) groups is 4. The zero-order chi connectivity index (χ0) is 29.0. The van der Waals surface area contributed by atoms with Crippen LogP contribution >= 0.6 is 0 Å². The van der Waals surface area contributed by atoms with E-state index >= 15 is 0 Å². The lowest BCUT2D eigenvalue weighted by Gasteiger charge is -2.32. The molecule has 2 atom stereocenters. The van der Waals surface area contributed by atoms with Gasteiger partial charge in [0, 0.05) is 6.54 Å². The minimum absolute atomic E-state index is 0.0178. The van der Waals surface area contributed by atoms with Crippen molar-refractivity contribution in [3.05, 3.63) is 60.7 Å². The summed E-state index contributed by atoms with van der Waals surface area (Å²) in [4.78, 5) is 52.7. The highest BCUT2D eigenvalue weighted by Crippen LogP contribution is 2.16. The first-order valence-corrected chi connectivity index (χ1v) is 12.9. The topological polar surface area (TPSA) is 127 Å². The molecule has 0 aromatic heterocycles. The fraction of sp³-hybridized carbons (Fsp3) is 0.500. The molecule has 2 N–H and O–H groups in total. The van der Waals surface area contributed by atoms with E-state index < -0.39 is 41.9 Å². The van der Waals surface area contributed by atoms with Crippen molar-refractivity contribution in [2.24, 2.45) is 5.92 Å². The van der Waals surface area contributed by atoms with Crippen LogP contribution in [0.5, 0.6) is 0 Å². The number of alkyl carbamates (subject to hydrolysis) is 1. The Morgan fingerprint density at radius 1 is 1.15 bits per heavy atom. The van der Waals surface area contributed by atoms with Crippen LogP contribution in [0.25, 0.3) is 0 Å². The van der Waals surface area contributed by atoms with Gasteiger partial charge in [0.1, 0.15) is 24.9 Å². The summed E-state index contributed by atoms with van der Waals surface area (Å²) in [5.74, 6) is -0.589. The van der Waals surface area contributed by atoms with Crippen LogP contribution < -0.4 is 10.7 Å². The lowest BCUT2D eigenvalue weighted by Crippen LogP contribution is -2.58. The fourth-order valence-electron chi connectivity index (χ4n) is 3.64. The number of ether oxygens (including phenoxy) is 3. The normalized spacial score (nSPS) is 15.3. The predicted molar refractivity (Wildman–Crippen MR) is 145 cm³/mol. The standard InChI is InChI=1S/C28H40N4O7/c1-7-16-37-25(34)29-23(17-20(2)3)24(33)30-32(27(36)39-28(4,5)6)18-22-14-11-15-31(22)26(35)38-19-21-12-9-8-10-13-21/h7-14,20,22-23H,1,15-19H2,2-6H3,(H,29,34)(H,30,33)/t22-,23-/m0/s1. The van der Waals surface area contributed by atoms with E-state index in [2.05, 4.69) is 17.3 Å². The molecule has 0 saturated heterocycles. The SMILES string of the molecule is C=CCOC(=O)N[C@@H](CC(C)C)C(=O)NN(C[C@@H]1C=CCN1C(=O)OCc1ccccc1)C(=O)OC(C)(C)C. The Bertz CT molecular complexity index is 1020. The van der Waals surface area contributed by atoms with Crippen LogP contribution in [0, 0.1) is 5.92 Å². The van der Waals surface area contributed by atoms with Crippen molar-refractivity contribution < 1.29 is 33.4 Å². The van der Waals surface area contributed by atoms with Crippen LogP contribution in [0.15, 0.2) is 55.1 Å². The second-order valence-electron chi connectivity index (χ2n) is 10.5. The highest BCUT2D eigenvalue weighted by molar-refractivity contribution is 5.87. The van der Waals surface area contributed by atoms with Crippen LogP contribution in [0.1, 0.15) is 46.6 Å². The van der Waals surface area contributed by atoms with Gasteiger partial charge in [0.25, 0.3) is 5.91 Å². The second-order valence-corrected chi connectivity index (χ2v) is 10.5. The van der Waals surface area contributed by atoms with Crippen LogP contribution in [-0.4, -0.2) is 71.5 Å². The molecule has 39 heavy (non-hydrogen) atoms. The molecule has 4 amide bonds. The van der Waals surface area contributed by atoms with Crippen LogP contribution in [0.4, 0.5) is 14.4 Å². The van der Waals surface area contributed by atoms with Crippen molar-refractivity contribution in [2.75, 3.05) is 19.7 Å². The van der Waals surface area contributed by atoms with E-state index in [1.54, 1.807) is 32.9 Å². The maximum Gasteiger partial charge on any atom is 0.429 e. The Kier molecular flexibility index (Phi) is 11.8. The van der Waals surface area contributed by atoms with Gasteiger partial charge < -0.3 is 19.5 Å². The van der Waals surface area contributed by atoms with Gasteiger partial charge in [-0.3, -0.25) is 15.1 Å². The van der Waals surface area contributed by atoms with Crippen molar-refractivity contribution >= 4 is 24.2 Å². The van der Waals surface area contributed by atoms with Crippen molar-refractivity contribution in [1.82, 2.24) is 20.7 Å². The van der Waals surface area contributed by atoms with E-state index in [0.29, 0.717) is 6.42 Å². The molecule has 1 heterocycles. The van der Waals surface area contributed by atoms with Crippen LogP contribution in [0.2, 0.25) is 0 Å². The van der Waals surface area contributed by atoms with Gasteiger partial charge in [-0.15, -0.1) is 0 Å². The van der Waals surface area contributed by atoms with E-state index in [0.717, 1.165) is 10.6 Å². The first kappa shape index (κ1) is 31.2. The van der Waals surface area contributed by atoms with Gasteiger partial charge >= 0.3 is 18.3 Å². The number of hydrogen-bond donors (Lipinski definition) is 2. The number of benzene rings is 1. The molecule has 0 spiro atoms. The highest BCUT2D eigenvalue weighted by atomic mass is 16.6. The highest BCUT2D eigenvalue weighted by Gasteiger charge is 2.34. The second kappa shape index (κ2) is 14.8. The molecule has 1 aliphatic rings. The molecule has 0 saturated carbocycles. The molecule has 1 aliphatic heterocycles. The molecule has 0 aliphatic carbocycles. The molecule has 11 nitrogen and oxygen atoms in total. The first-order chi connectivity index (χ1) is 18.4. The van der Waals surface area contributed by atoms with E-state index in [1.807, 2.05) is 44.2 Å². The van der Waals surface area contributed by atoms with Gasteiger partial charge in [-0.2, -0.15) is 0 Å². The summed E-state index contributed by atoms with van der Waals surface area (Å²) in [6, 6.07) is 7.70. The van der Waals surface area contributed by atoms with Gasteiger partial charge in [-0.1, -0.05) is 69.0 Å². The summed E-state index contributed by atoms with van der Waals surface area (Å²) in [7, 11) is 0. The molecule has 0 unspecified atom stereocenters. The number of hydrogen-bond acceptors (Lipinski definition) is 7. The number of nitrogens with one attached hydrogen (secondary N) is 2. The molecular weight excluding hydrogens is 504 g/mol. The Labute approximate surface area is 230 Å². The lowest BCUT2D eigenvalue weighted by atomic mass is 10.0. The van der Waals surface area contributed by atoms with Gasteiger partial charge in [0.15, 0.2) is 0 Å². The van der Waals surface area contributed by atoms with Gasteiger partial charge in [0.2, 0.25) is 0 Å². The number of hydrazine groups is 1. The summed E-state index contributed by atoms with van der Waals surface area (Å²) in [6.07, 6.45) is 3.07. The first-order valence-electron chi connectivity index (χ1n) is 12.9. The van der Waals surface area contributed by atoms with Crippen molar-refractivity contribution in [1.29, 1.82) is 0 Å². The summed E-state index contributed by atoms with van der Waals surface area (Å²) < 4.78 is 15.9. The number of carbonyl (C=O) groups excluding carboxylic acids is 4.